The summed E-state index contributed by atoms with van der Waals surface area (Å²) in [6.45, 7) is 6.59. The number of rotatable bonds is 1. The van der Waals surface area contributed by atoms with Crippen LogP contribution in [-0.2, 0) is 0 Å². The summed E-state index contributed by atoms with van der Waals surface area (Å²) in [7, 11) is 0. The minimum atomic E-state index is 0.221. The molecule has 0 aliphatic rings. The van der Waals surface area contributed by atoms with Crippen molar-refractivity contribution in [3.8, 4) is 0 Å². The maximum Gasteiger partial charge on any atom is 0.153 e. The van der Waals surface area contributed by atoms with Crippen LogP contribution < -0.4 is 5.73 Å². The normalized spacial score (nSPS) is 12.2. The Morgan fingerprint density at radius 2 is 2.07 bits per heavy atom. The number of nitrogens with two attached hydrogens (primary N) is 1. The van der Waals surface area contributed by atoms with Gasteiger partial charge in [-0.2, -0.15) is 5.10 Å². The fourth-order valence-electron chi connectivity index (χ4n) is 1.44. The van der Waals surface area contributed by atoms with E-state index in [-0.39, 0.29) is 4.75 Å². The highest BCUT2D eigenvalue weighted by atomic mass is 32.2. The number of hydrogen-bond donors (Lipinski definition) is 2. The van der Waals surface area contributed by atoms with Gasteiger partial charge in [0.15, 0.2) is 5.82 Å². The molecule has 3 N–H and O–H groups in total. The van der Waals surface area contributed by atoms with Crippen molar-refractivity contribution in [2.24, 2.45) is 0 Å². The minimum absolute atomic E-state index is 0.221. The number of H-pyrrole nitrogens is 1. The molecule has 3 nitrogen and oxygen atoms in total. The number of fused-ring (bicyclic) bond motifs is 1. The Labute approximate surface area is 93.4 Å². The van der Waals surface area contributed by atoms with Crippen LogP contribution in [0.3, 0.4) is 0 Å². The molecule has 1 aromatic heterocycles. The van der Waals surface area contributed by atoms with Crippen molar-refractivity contribution in [1.29, 1.82) is 0 Å². The van der Waals surface area contributed by atoms with E-state index in [9.17, 15) is 0 Å². The second-order valence-corrected chi connectivity index (χ2v) is 6.43. The number of aromatic nitrogens is 2. The van der Waals surface area contributed by atoms with Crippen LogP contribution in [0.5, 0.6) is 0 Å². The number of aromatic amines is 1. The summed E-state index contributed by atoms with van der Waals surface area (Å²) in [5.41, 5.74) is 6.71. The molecule has 1 heterocycles. The number of hydrogen-bond acceptors (Lipinski definition) is 3. The molecule has 0 atom stereocenters. The molecule has 1 aromatic carbocycles. The predicted molar refractivity (Wildman–Crippen MR) is 66.1 cm³/mol. The van der Waals surface area contributed by atoms with Crippen LogP contribution in [0.4, 0.5) is 5.82 Å². The average molecular weight is 221 g/mol. The Balaban J connectivity index is 2.39. The first-order valence-electron chi connectivity index (χ1n) is 4.88. The SMILES string of the molecule is CC(C)(C)Sc1ccc2c(N)n[nH]c2c1. The maximum absolute atomic E-state index is 5.70. The summed E-state index contributed by atoms with van der Waals surface area (Å²) < 4.78 is 0.221. The molecular formula is C11H15N3S. The molecule has 0 aliphatic heterocycles. The smallest absolute Gasteiger partial charge is 0.153 e. The van der Waals surface area contributed by atoms with Gasteiger partial charge in [0.25, 0.3) is 0 Å². The second-order valence-electron chi connectivity index (χ2n) is 4.53. The lowest BCUT2D eigenvalue weighted by atomic mass is 10.2. The number of benzene rings is 1. The Hall–Kier alpha value is -1.16. The second kappa shape index (κ2) is 3.45. The third kappa shape index (κ3) is 2.26. The standard InChI is InChI=1S/C11H15N3S/c1-11(2,3)15-7-4-5-8-9(6-7)13-14-10(8)12/h4-6H,1-3H3,(H3,12,13,14). The first kappa shape index (κ1) is 10.4. The molecular weight excluding hydrogens is 206 g/mol. The van der Waals surface area contributed by atoms with E-state index in [1.165, 1.54) is 4.90 Å². The Bertz CT molecular complexity index is 482. The molecule has 0 fully saturated rings. The lowest BCUT2D eigenvalue weighted by molar-refractivity contribution is 0.803. The van der Waals surface area contributed by atoms with Crippen molar-refractivity contribution >= 4 is 28.5 Å². The quantitative estimate of drug-likeness (QED) is 0.728. The Morgan fingerprint density at radius 3 is 2.73 bits per heavy atom. The minimum Gasteiger partial charge on any atom is -0.382 e. The van der Waals surface area contributed by atoms with E-state index in [0.29, 0.717) is 5.82 Å². The van der Waals surface area contributed by atoms with E-state index < -0.39 is 0 Å². The van der Waals surface area contributed by atoms with Gasteiger partial charge in [0.2, 0.25) is 0 Å². The van der Waals surface area contributed by atoms with Crippen LogP contribution >= 0.6 is 11.8 Å². The number of nitrogens with one attached hydrogen (secondary N) is 1. The number of anilines is 1. The summed E-state index contributed by atoms with van der Waals surface area (Å²) in [4.78, 5) is 1.23. The van der Waals surface area contributed by atoms with Crippen molar-refractivity contribution < 1.29 is 0 Å². The van der Waals surface area contributed by atoms with Crippen LogP contribution in [0.1, 0.15) is 20.8 Å². The predicted octanol–water partition coefficient (Wildman–Crippen LogP) is 3.04. The molecule has 0 amide bonds. The van der Waals surface area contributed by atoms with Gasteiger partial charge in [-0.1, -0.05) is 20.8 Å². The van der Waals surface area contributed by atoms with Gasteiger partial charge in [0.1, 0.15) is 0 Å². The Morgan fingerprint density at radius 1 is 1.33 bits per heavy atom. The van der Waals surface area contributed by atoms with Crippen LogP contribution in [0, 0.1) is 0 Å². The van der Waals surface area contributed by atoms with Crippen molar-refractivity contribution in [2.45, 2.75) is 30.4 Å². The van der Waals surface area contributed by atoms with Crippen LogP contribution in [0.25, 0.3) is 10.9 Å². The van der Waals surface area contributed by atoms with Gasteiger partial charge in [-0.3, -0.25) is 5.10 Å². The average Bonchev–Trinajstić information content (AvgIpc) is 2.45. The van der Waals surface area contributed by atoms with Crippen LogP contribution in [0.15, 0.2) is 23.1 Å². The van der Waals surface area contributed by atoms with E-state index in [1.54, 1.807) is 0 Å². The van der Waals surface area contributed by atoms with Crippen molar-refractivity contribution in [3.05, 3.63) is 18.2 Å². The van der Waals surface area contributed by atoms with E-state index in [1.807, 2.05) is 17.8 Å². The molecule has 80 valence electrons. The topological polar surface area (TPSA) is 54.7 Å². The molecule has 0 unspecified atom stereocenters. The monoisotopic (exact) mass is 221 g/mol. The zero-order valence-electron chi connectivity index (χ0n) is 9.16. The lowest BCUT2D eigenvalue weighted by Crippen LogP contribution is -2.06. The number of nitrogens with zero attached hydrogens (tertiary/aromatic N) is 1. The van der Waals surface area contributed by atoms with Gasteiger partial charge in [-0.25, -0.2) is 0 Å². The van der Waals surface area contributed by atoms with Gasteiger partial charge in [0.05, 0.1) is 5.52 Å². The van der Waals surface area contributed by atoms with Crippen molar-refractivity contribution in [2.75, 3.05) is 5.73 Å². The fourth-order valence-corrected chi connectivity index (χ4v) is 2.46. The summed E-state index contributed by atoms with van der Waals surface area (Å²) >= 11 is 1.84. The van der Waals surface area contributed by atoms with E-state index in [0.717, 1.165) is 10.9 Å². The molecule has 15 heavy (non-hydrogen) atoms. The van der Waals surface area contributed by atoms with E-state index >= 15 is 0 Å². The molecule has 0 saturated heterocycles. The largest absolute Gasteiger partial charge is 0.382 e. The number of nitrogen functional groups attached to an aromatic ring is 1. The molecule has 2 aromatic rings. The van der Waals surface area contributed by atoms with E-state index in [4.69, 9.17) is 5.73 Å². The summed E-state index contributed by atoms with van der Waals surface area (Å²) in [5, 5.41) is 7.90. The summed E-state index contributed by atoms with van der Waals surface area (Å²) in [6, 6.07) is 6.20. The zero-order chi connectivity index (χ0) is 11.1. The highest BCUT2D eigenvalue weighted by Gasteiger charge is 2.12. The van der Waals surface area contributed by atoms with Gasteiger partial charge in [-0.05, 0) is 18.2 Å². The van der Waals surface area contributed by atoms with E-state index in [2.05, 4.69) is 43.1 Å². The van der Waals surface area contributed by atoms with Crippen molar-refractivity contribution in [1.82, 2.24) is 10.2 Å². The van der Waals surface area contributed by atoms with Gasteiger partial charge >= 0.3 is 0 Å². The number of thioether (sulfide) groups is 1. The van der Waals surface area contributed by atoms with Gasteiger partial charge in [0, 0.05) is 15.0 Å². The van der Waals surface area contributed by atoms with Crippen LogP contribution in [-0.4, -0.2) is 14.9 Å². The molecule has 4 heteroatoms. The van der Waals surface area contributed by atoms with Crippen LogP contribution in [0.2, 0.25) is 0 Å². The third-order valence-electron chi connectivity index (χ3n) is 1.99. The van der Waals surface area contributed by atoms with Crippen molar-refractivity contribution in [3.63, 3.8) is 0 Å². The third-order valence-corrected chi connectivity index (χ3v) is 3.09. The molecule has 0 saturated carbocycles. The maximum atomic E-state index is 5.70. The molecule has 0 aliphatic carbocycles. The first-order chi connectivity index (χ1) is 6.96. The fraction of sp³-hybridized carbons (Fsp3) is 0.364. The highest BCUT2D eigenvalue weighted by Crippen LogP contribution is 2.33. The lowest BCUT2D eigenvalue weighted by Gasteiger charge is -2.17. The summed E-state index contributed by atoms with van der Waals surface area (Å²) in [6.07, 6.45) is 0. The van der Waals surface area contributed by atoms with Gasteiger partial charge in [-0.15, -0.1) is 11.8 Å². The van der Waals surface area contributed by atoms with Gasteiger partial charge < -0.3 is 5.73 Å². The first-order valence-corrected chi connectivity index (χ1v) is 5.70. The molecule has 2 rings (SSSR count). The summed E-state index contributed by atoms with van der Waals surface area (Å²) in [5.74, 6) is 0.567. The molecule has 0 bridgehead atoms. The Kier molecular flexibility index (Phi) is 2.38. The highest BCUT2D eigenvalue weighted by molar-refractivity contribution is 8.00. The molecule has 0 radical (unpaired) electrons. The zero-order valence-corrected chi connectivity index (χ0v) is 9.98. The molecule has 0 spiro atoms.